The van der Waals surface area contributed by atoms with E-state index in [0.29, 0.717) is 17.9 Å². The summed E-state index contributed by atoms with van der Waals surface area (Å²) < 4.78 is 3.07. The summed E-state index contributed by atoms with van der Waals surface area (Å²) in [6.45, 7) is 0.667. The fourth-order valence-electron chi connectivity index (χ4n) is 3.32. The molecule has 1 aliphatic heterocycles. The van der Waals surface area contributed by atoms with Crippen LogP contribution in [0.3, 0.4) is 0 Å². The van der Waals surface area contributed by atoms with Crippen molar-refractivity contribution in [2.75, 3.05) is 6.54 Å². The summed E-state index contributed by atoms with van der Waals surface area (Å²) in [6.07, 6.45) is 9.29. The van der Waals surface area contributed by atoms with E-state index in [-0.39, 0.29) is 17.5 Å². The molecule has 0 unspecified atom stereocenters. The molecule has 0 aromatic carbocycles. The normalized spacial score (nSPS) is 18.2. The largest absolute Gasteiger partial charge is 0.330 e. The Bertz CT molecular complexity index is 953. The Morgan fingerprint density at radius 1 is 1.38 bits per heavy atom. The van der Waals surface area contributed by atoms with Gasteiger partial charge in [0.05, 0.1) is 17.8 Å². The molecule has 1 aliphatic rings. The van der Waals surface area contributed by atoms with Gasteiger partial charge in [0.1, 0.15) is 0 Å². The monoisotopic (exact) mass is 326 g/mol. The molecular weight excluding hydrogens is 308 g/mol. The standard InChI is InChI=1S/C16H18N6O2/c1-20-10-11(9-18-20)15(24)21-6-3-2-4-13(21)12-8-14(23)22-7-5-17-16(22)19-12/h5,7-10,13H,2-4,6H2,1H3,(H,17,19)/t13-/m1/s1. The number of likely N-dealkylation sites (tertiary alicyclic amines) is 1. The van der Waals surface area contributed by atoms with Gasteiger partial charge in [0.25, 0.3) is 11.5 Å². The van der Waals surface area contributed by atoms with Crippen LogP contribution in [-0.2, 0) is 7.05 Å². The first-order chi connectivity index (χ1) is 11.6. The number of nitrogens with one attached hydrogen (secondary N) is 1. The number of fused-ring (bicyclic) bond motifs is 1. The highest BCUT2D eigenvalue weighted by atomic mass is 16.2. The number of piperidine rings is 1. The Hall–Kier alpha value is -2.90. The van der Waals surface area contributed by atoms with Crippen molar-refractivity contribution < 1.29 is 4.79 Å². The van der Waals surface area contributed by atoms with Crippen molar-refractivity contribution >= 4 is 11.7 Å². The molecule has 1 fully saturated rings. The number of aromatic amines is 1. The molecule has 0 bridgehead atoms. The maximum absolute atomic E-state index is 12.9. The summed E-state index contributed by atoms with van der Waals surface area (Å²) in [7, 11) is 1.79. The summed E-state index contributed by atoms with van der Waals surface area (Å²) in [5, 5.41) is 4.08. The average Bonchev–Trinajstić information content (AvgIpc) is 3.23. The molecule has 0 radical (unpaired) electrons. The molecule has 3 aromatic rings. The number of aromatic nitrogens is 5. The SMILES string of the molecule is Cn1cc(C(=O)N2CCCC[C@@H]2c2cc(=O)n3ccnc3[nH]2)cn1. The first-order valence-corrected chi connectivity index (χ1v) is 7.99. The van der Waals surface area contributed by atoms with Crippen molar-refractivity contribution in [1.29, 1.82) is 0 Å². The minimum atomic E-state index is -0.152. The van der Waals surface area contributed by atoms with E-state index in [2.05, 4.69) is 15.1 Å². The van der Waals surface area contributed by atoms with E-state index in [1.165, 1.54) is 4.40 Å². The second-order valence-corrected chi connectivity index (χ2v) is 6.10. The molecule has 3 aromatic heterocycles. The fraction of sp³-hybridized carbons (Fsp3) is 0.375. The predicted octanol–water partition coefficient (Wildman–Crippen LogP) is 1.12. The van der Waals surface area contributed by atoms with Crippen molar-refractivity contribution in [3.05, 3.63) is 52.5 Å². The summed E-state index contributed by atoms with van der Waals surface area (Å²) in [5.41, 5.74) is 1.15. The molecule has 1 N–H and O–H groups in total. The molecule has 124 valence electrons. The van der Waals surface area contributed by atoms with E-state index in [9.17, 15) is 9.59 Å². The molecule has 8 nitrogen and oxygen atoms in total. The van der Waals surface area contributed by atoms with E-state index < -0.39 is 0 Å². The topological polar surface area (TPSA) is 88.3 Å². The maximum Gasteiger partial charge on any atom is 0.259 e. The van der Waals surface area contributed by atoms with Crippen LogP contribution in [0.15, 0.2) is 35.6 Å². The van der Waals surface area contributed by atoms with Crippen LogP contribution in [0.25, 0.3) is 5.78 Å². The summed E-state index contributed by atoms with van der Waals surface area (Å²) in [6, 6.07) is 1.41. The molecule has 4 rings (SSSR count). The summed E-state index contributed by atoms with van der Waals surface area (Å²) in [4.78, 5) is 34.3. The number of rotatable bonds is 2. The highest BCUT2D eigenvalue weighted by Crippen LogP contribution is 2.30. The van der Waals surface area contributed by atoms with Gasteiger partial charge in [-0.25, -0.2) is 4.98 Å². The van der Waals surface area contributed by atoms with E-state index in [0.717, 1.165) is 25.0 Å². The third-order valence-corrected chi connectivity index (χ3v) is 4.49. The molecule has 0 saturated carbocycles. The van der Waals surface area contributed by atoms with Crippen LogP contribution < -0.4 is 5.56 Å². The van der Waals surface area contributed by atoms with Gasteiger partial charge in [-0.3, -0.25) is 18.7 Å². The minimum absolute atomic E-state index is 0.0585. The van der Waals surface area contributed by atoms with Crippen LogP contribution in [0.5, 0.6) is 0 Å². The summed E-state index contributed by atoms with van der Waals surface area (Å²) >= 11 is 0. The number of carbonyl (C=O) groups excluding carboxylic acids is 1. The molecule has 0 spiro atoms. The maximum atomic E-state index is 12.9. The number of carbonyl (C=O) groups is 1. The van der Waals surface area contributed by atoms with Gasteiger partial charge >= 0.3 is 0 Å². The lowest BCUT2D eigenvalue weighted by atomic mass is 9.98. The van der Waals surface area contributed by atoms with Gasteiger partial charge in [0, 0.05) is 43.9 Å². The Morgan fingerprint density at radius 3 is 3.04 bits per heavy atom. The number of H-pyrrole nitrogens is 1. The quantitative estimate of drug-likeness (QED) is 0.764. The number of hydrogen-bond acceptors (Lipinski definition) is 4. The minimum Gasteiger partial charge on any atom is -0.330 e. The highest BCUT2D eigenvalue weighted by molar-refractivity contribution is 5.94. The van der Waals surface area contributed by atoms with Crippen LogP contribution in [0.2, 0.25) is 0 Å². The fourth-order valence-corrected chi connectivity index (χ4v) is 3.32. The third-order valence-electron chi connectivity index (χ3n) is 4.49. The average molecular weight is 326 g/mol. The lowest BCUT2D eigenvalue weighted by Gasteiger charge is -2.35. The predicted molar refractivity (Wildman–Crippen MR) is 86.6 cm³/mol. The number of hydrogen-bond donors (Lipinski definition) is 1. The van der Waals surface area contributed by atoms with Crippen molar-refractivity contribution in [3.8, 4) is 0 Å². The van der Waals surface area contributed by atoms with Gasteiger partial charge in [-0.05, 0) is 19.3 Å². The Labute approximate surface area is 137 Å². The van der Waals surface area contributed by atoms with Gasteiger partial charge in [-0.1, -0.05) is 0 Å². The molecule has 1 saturated heterocycles. The lowest BCUT2D eigenvalue weighted by Crippen LogP contribution is -2.39. The van der Waals surface area contributed by atoms with E-state index in [1.54, 1.807) is 42.6 Å². The van der Waals surface area contributed by atoms with Gasteiger partial charge in [0.2, 0.25) is 5.78 Å². The first-order valence-electron chi connectivity index (χ1n) is 7.99. The van der Waals surface area contributed by atoms with E-state index >= 15 is 0 Å². The Balaban J connectivity index is 1.73. The molecule has 0 aliphatic carbocycles. The van der Waals surface area contributed by atoms with Gasteiger partial charge in [-0.15, -0.1) is 0 Å². The molecule has 4 heterocycles. The number of amides is 1. The Morgan fingerprint density at radius 2 is 2.25 bits per heavy atom. The zero-order valence-electron chi connectivity index (χ0n) is 13.3. The van der Waals surface area contributed by atoms with Gasteiger partial charge in [0.15, 0.2) is 0 Å². The number of aryl methyl sites for hydroxylation is 1. The molecular formula is C16H18N6O2. The molecule has 24 heavy (non-hydrogen) atoms. The van der Waals surface area contributed by atoms with Crippen LogP contribution in [-0.4, -0.2) is 41.5 Å². The van der Waals surface area contributed by atoms with Crippen molar-refractivity contribution in [2.24, 2.45) is 7.05 Å². The smallest absolute Gasteiger partial charge is 0.259 e. The number of imidazole rings is 1. The molecule has 1 atom stereocenters. The van der Waals surface area contributed by atoms with E-state index in [1.807, 2.05) is 4.90 Å². The second-order valence-electron chi connectivity index (χ2n) is 6.10. The zero-order chi connectivity index (χ0) is 16.7. The Kier molecular flexibility index (Phi) is 3.44. The van der Waals surface area contributed by atoms with Gasteiger partial charge < -0.3 is 9.88 Å². The van der Waals surface area contributed by atoms with Crippen molar-refractivity contribution in [3.63, 3.8) is 0 Å². The third kappa shape index (κ3) is 2.40. The van der Waals surface area contributed by atoms with E-state index in [4.69, 9.17) is 0 Å². The molecule has 1 amide bonds. The summed E-state index contributed by atoms with van der Waals surface area (Å²) in [5.74, 6) is 0.439. The van der Waals surface area contributed by atoms with Crippen molar-refractivity contribution in [1.82, 2.24) is 29.0 Å². The highest BCUT2D eigenvalue weighted by Gasteiger charge is 2.30. The lowest BCUT2D eigenvalue weighted by molar-refractivity contribution is 0.0606. The zero-order valence-corrected chi connectivity index (χ0v) is 13.3. The van der Waals surface area contributed by atoms with Gasteiger partial charge in [-0.2, -0.15) is 5.10 Å². The van der Waals surface area contributed by atoms with Crippen LogP contribution in [0, 0.1) is 0 Å². The van der Waals surface area contributed by atoms with Crippen molar-refractivity contribution in [2.45, 2.75) is 25.3 Å². The molecule has 8 heteroatoms. The van der Waals surface area contributed by atoms with Crippen LogP contribution >= 0.6 is 0 Å². The second kappa shape index (κ2) is 5.63. The number of nitrogens with zero attached hydrogens (tertiary/aromatic N) is 5. The van der Waals surface area contributed by atoms with Crippen LogP contribution in [0.1, 0.15) is 41.4 Å². The van der Waals surface area contributed by atoms with Crippen LogP contribution in [0.4, 0.5) is 0 Å². The first kappa shape index (κ1) is 14.7.